The number of amides is 1. The van der Waals surface area contributed by atoms with E-state index in [9.17, 15) is 9.59 Å². The fraction of sp³-hybridized carbons (Fsp3) is 0.136. The Morgan fingerprint density at radius 1 is 1.16 bits per heavy atom. The fourth-order valence-corrected chi connectivity index (χ4v) is 4.36. The van der Waals surface area contributed by atoms with Crippen LogP contribution in [0.2, 0.25) is 5.02 Å². The molecule has 0 aliphatic carbocycles. The second-order valence-electron chi connectivity index (χ2n) is 6.63. The first-order valence-corrected chi connectivity index (χ1v) is 10.5. The van der Waals surface area contributed by atoms with Crippen molar-refractivity contribution in [3.8, 4) is 22.6 Å². The Hall–Kier alpha value is -3.36. The summed E-state index contributed by atoms with van der Waals surface area (Å²) in [7, 11) is 3.12. The van der Waals surface area contributed by atoms with E-state index < -0.39 is 0 Å². The number of rotatable bonds is 6. The van der Waals surface area contributed by atoms with Crippen LogP contribution in [-0.4, -0.2) is 29.7 Å². The minimum atomic E-state index is -0.364. The topological polar surface area (TPSA) is 82.5 Å². The molecule has 0 saturated heterocycles. The second kappa shape index (κ2) is 8.79. The van der Waals surface area contributed by atoms with E-state index in [0.29, 0.717) is 26.7 Å². The maximum Gasteiger partial charge on any atom is 0.271 e. The minimum absolute atomic E-state index is 0.165. The highest BCUT2D eigenvalue weighted by Gasteiger charge is 2.14. The van der Waals surface area contributed by atoms with Gasteiger partial charge in [0.05, 0.1) is 31.1 Å². The summed E-state index contributed by atoms with van der Waals surface area (Å²) >= 11 is 7.39. The third-order valence-electron chi connectivity index (χ3n) is 4.70. The number of hydrogen-bond acceptors (Lipinski definition) is 6. The number of aromatic nitrogens is 2. The molecule has 7 nitrogen and oxygen atoms in total. The number of ether oxygens (including phenoxy) is 2. The van der Waals surface area contributed by atoms with E-state index in [1.54, 1.807) is 25.3 Å². The van der Waals surface area contributed by atoms with E-state index in [2.05, 4.69) is 10.3 Å². The summed E-state index contributed by atoms with van der Waals surface area (Å²) < 4.78 is 12.1. The van der Waals surface area contributed by atoms with Crippen LogP contribution in [0.5, 0.6) is 11.5 Å². The average molecular weight is 456 g/mol. The quantitative estimate of drug-likeness (QED) is 0.465. The molecule has 0 saturated carbocycles. The summed E-state index contributed by atoms with van der Waals surface area (Å²) in [5, 5.41) is 5.00. The highest BCUT2D eigenvalue weighted by atomic mass is 35.5. The molecule has 4 aromatic rings. The van der Waals surface area contributed by atoms with Crippen molar-refractivity contribution in [3.63, 3.8) is 0 Å². The lowest BCUT2D eigenvalue weighted by atomic mass is 10.1. The van der Waals surface area contributed by atoms with Crippen LogP contribution in [0.3, 0.4) is 0 Å². The van der Waals surface area contributed by atoms with Crippen LogP contribution >= 0.6 is 22.9 Å². The number of nitrogens with one attached hydrogen (secondary N) is 1. The molecule has 0 radical (unpaired) electrons. The molecule has 0 spiro atoms. The molecule has 158 valence electrons. The molecular formula is C22H18ClN3O4S. The monoisotopic (exact) mass is 455 g/mol. The number of benzene rings is 2. The van der Waals surface area contributed by atoms with Gasteiger partial charge in [0.15, 0.2) is 0 Å². The van der Waals surface area contributed by atoms with E-state index in [0.717, 1.165) is 16.9 Å². The van der Waals surface area contributed by atoms with Gasteiger partial charge in [0.2, 0.25) is 5.91 Å². The van der Waals surface area contributed by atoms with Gasteiger partial charge in [-0.3, -0.25) is 14.2 Å². The molecule has 0 unspecified atom stereocenters. The number of halogens is 1. The van der Waals surface area contributed by atoms with Crippen LogP contribution < -0.4 is 20.3 Å². The number of thiophene rings is 1. The summed E-state index contributed by atoms with van der Waals surface area (Å²) in [5.41, 5.74) is 2.65. The van der Waals surface area contributed by atoms with Gasteiger partial charge in [-0.1, -0.05) is 23.7 Å². The number of anilines is 1. The van der Waals surface area contributed by atoms with Gasteiger partial charge in [0.1, 0.15) is 22.7 Å². The van der Waals surface area contributed by atoms with Crippen molar-refractivity contribution in [2.75, 3.05) is 19.5 Å². The lowest BCUT2D eigenvalue weighted by molar-refractivity contribution is -0.116. The standard InChI is InChI=1S/C22H18ClN3O4S/c1-29-15-6-3-13(4-7-15)16-11-31-21-20(16)24-12-26(22(21)28)10-19(27)25-14-5-8-18(30-2)17(23)9-14/h3-9,11-12H,10H2,1-2H3,(H,25,27). The molecule has 0 bridgehead atoms. The van der Waals surface area contributed by atoms with E-state index in [-0.39, 0.29) is 18.0 Å². The van der Waals surface area contributed by atoms with Gasteiger partial charge in [0.25, 0.3) is 5.56 Å². The van der Waals surface area contributed by atoms with Gasteiger partial charge in [0, 0.05) is 16.6 Å². The van der Waals surface area contributed by atoms with Gasteiger partial charge in [-0.25, -0.2) is 4.98 Å². The molecule has 31 heavy (non-hydrogen) atoms. The molecular weight excluding hydrogens is 438 g/mol. The predicted molar refractivity (Wildman–Crippen MR) is 123 cm³/mol. The number of nitrogens with zero attached hydrogens (tertiary/aromatic N) is 2. The maximum atomic E-state index is 12.9. The molecule has 0 fully saturated rings. The Morgan fingerprint density at radius 3 is 2.61 bits per heavy atom. The van der Waals surface area contributed by atoms with E-state index in [1.165, 1.54) is 29.3 Å². The molecule has 2 aromatic heterocycles. The number of fused-ring (bicyclic) bond motifs is 1. The summed E-state index contributed by atoms with van der Waals surface area (Å²) in [6, 6.07) is 12.5. The molecule has 1 amide bonds. The first-order valence-electron chi connectivity index (χ1n) is 9.24. The first-order chi connectivity index (χ1) is 15.0. The van der Waals surface area contributed by atoms with Gasteiger partial charge in [-0.05, 0) is 35.9 Å². The Balaban J connectivity index is 1.56. The number of hydrogen-bond donors (Lipinski definition) is 1. The molecule has 2 aromatic carbocycles. The molecule has 9 heteroatoms. The molecule has 1 N–H and O–H groups in total. The summed E-state index contributed by atoms with van der Waals surface area (Å²) in [6.07, 6.45) is 1.39. The smallest absolute Gasteiger partial charge is 0.271 e. The molecule has 2 heterocycles. The second-order valence-corrected chi connectivity index (χ2v) is 7.92. The molecule has 0 aliphatic heterocycles. The third-order valence-corrected chi connectivity index (χ3v) is 5.95. The number of carbonyl (C=O) groups is 1. The first kappa shape index (κ1) is 20.9. The van der Waals surface area contributed by atoms with Gasteiger partial charge in [-0.2, -0.15) is 0 Å². The van der Waals surface area contributed by atoms with Gasteiger partial charge < -0.3 is 14.8 Å². The zero-order valence-corrected chi connectivity index (χ0v) is 18.3. The normalized spacial score (nSPS) is 10.8. The van der Waals surface area contributed by atoms with Gasteiger partial charge >= 0.3 is 0 Å². The fourth-order valence-electron chi connectivity index (χ4n) is 3.13. The van der Waals surface area contributed by atoms with Gasteiger partial charge in [-0.15, -0.1) is 11.3 Å². The van der Waals surface area contributed by atoms with E-state index in [1.807, 2.05) is 29.6 Å². The van der Waals surface area contributed by atoms with Crippen molar-refractivity contribution < 1.29 is 14.3 Å². The van der Waals surface area contributed by atoms with Crippen LogP contribution in [0.4, 0.5) is 5.69 Å². The highest BCUT2D eigenvalue weighted by Crippen LogP contribution is 2.31. The number of carbonyl (C=O) groups excluding carboxylic acids is 1. The Morgan fingerprint density at radius 2 is 1.94 bits per heavy atom. The van der Waals surface area contributed by atoms with Crippen LogP contribution in [0, 0.1) is 0 Å². The van der Waals surface area contributed by atoms with E-state index in [4.69, 9.17) is 21.1 Å². The Labute approximate surface area is 186 Å². The SMILES string of the molecule is COc1ccc(-c2csc3c(=O)n(CC(=O)Nc4ccc(OC)c(Cl)c4)cnc23)cc1. The highest BCUT2D eigenvalue weighted by molar-refractivity contribution is 7.17. The summed E-state index contributed by atoms with van der Waals surface area (Å²) in [4.78, 5) is 29.8. The molecule has 0 atom stereocenters. The maximum absolute atomic E-state index is 12.9. The van der Waals surface area contributed by atoms with Crippen LogP contribution in [0.1, 0.15) is 0 Å². The van der Waals surface area contributed by atoms with Crippen molar-refractivity contribution in [2.45, 2.75) is 6.54 Å². The van der Waals surface area contributed by atoms with Crippen LogP contribution in [0.15, 0.2) is 59.0 Å². The third kappa shape index (κ3) is 4.26. The Kier molecular flexibility index (Phi) is 5.92. The van der Waals surface area contributed by atoms with Crippen LogP contribution in [0.25, 0.3) is 21.3 Å². The Bertz CT molecular complexity index is 1310. The zero-order chi connectivity index (χ0) is 22.0. The summed E-state index contributed by atoms with van der Waals surface area (Å²) in [5.74, 6) is 0.898. The lowest BCUT2D eigenvalue weighted by Crippen LogP contribution is -2.27. The van der Waals surface area contributed by atoms with E-state index >= 15 is 0 Å². The van der Waals surface area contributed by atoms with Crippen LogP contribution in [-0.2, 0) is 11.3 Å². The average Bonchev–Trinajstić information content (AvgIpc) is 3.21. The lowest BCUT2D eigenvalue weighted by Gasteiger charge is -2.09. The van der Waals surface area contributed by atoms with Crippen molar-refractivity contribution in [2.24, 2.45) is 0 Å². The largest absolute Gasteiger partial charge is 0.497 e. The van der Waals surface area contributed by atoms with Crippen molar-refractivity contribution in [1.82, 2.24) is 9.55 Å². The minimum Gasteiger partial charge on any atom is -0.497 e. The van der Waals surface area contributed by atoms with Crippen molar-refractivity contribution in [1.29, 1.82) is 0 Å². The summed E-state index contributed by atoms with van der Waals surface area (Å²) in [6.45, 7) is -0.165. The molecule has 0 aliphatic rings. The zero-order valence-electron chi connectivity index (χ0n) is 16.7. The van der Waals surface area contributed by atoms with Crippen molar-refractivity contribution in [3.05, 3.63) is 69.5 Å². The molecule has 4 rings (SSSR count). The number of methoxy groups -OCH3 is 2. The van der Waals surface area contributed by atoms with Crippen molar-refractivity contribution >= 4 is 44.7 Å². The predicted octanol–water partition coefficient (Wildman–Crippen LogP) is 4.43.